The third-order valence-corrected chi connectivity index (χ3v) is 3.56. The molecule has 1 fully saturated rings. The average molecular weight is 293 g/mol. The van der Waals surface area contributed by atoms with Gasteiger partial charge in [0.25, 0.3) is 0 Å². The lowest BCUT2D eigenvalue weighted by Crippen LogP contribution is -2.34. The van der Waals surface area contributed by atoms with E-state index in [-0.39, 0.29) is 11.5 Å². The molecular weight excluding hydrogens is 274 g/mol. The molecule has 0 amide bonds. The summed E-state index contributed by atoms with van der Waals surface area (Å²) in [5.74, 6) is -1.74. The summed E-state index contributed by atoms with van der Waals surface area (Å²) in [6.45, 7) is 3.06. The fraction of sp³-hybridized carbons (Fsp3) is 0.467. The molecule has 0 aromatic heterocycles. The van der Waals surface area contributed by atoms with Gasteiger partial charge in [-0.1, -0.05) is 6.92 Å². The van der Waals surface area contributed by atoms with Crippen LogP contribution in [-0.2, 0) is 4.79 Å². The largest absolute Gasteiger partial charge is 0.494 e. The van der Waals surface area contributed by atoms with Crippen LogP contribution in [0.25, 0.3) is 0 Å². The average Bonchev–Trinajstić information content (AvgIpc) is 2.94. The van der Waals surface area contributed by atoms with Crippen molar-refractivity contribution in [3.05, 3.63) is 29.3 Å². The van der Waals surface area contributed by atoms with Crippen LogP contribution in [0, 0.1) is 0 Å². The van der Waals surface area contributed by atoms with Gasteiger partial charge >= 0.3 is 11.9 Å². The summed E-state index contributed by atoms with van der Waals surface area (Å²) in [7, 11) is 0. The Balaban J connectivity index is 2.35. The van der Waals surface area contributed by atoms with Gasteiger partial charge in [-0.25, -0.2) is 4.79 Å². The van der Waals surface area contributed by atoms with Gasteiger partial charge in [-0.3, -0.25) is 4.79 Å². The van der Waals surface area contributed by atoms with Crippen LogP contribution in [-0.4, -0.2) is 41.3 Å². The summed E-state index contributed by atoms with van der Waals surface area (Å²) in [4.78, 5) is 22.5. The molecule has 2 rings (SSSR count). The van der Waals surface area contributed by atoms with Gasteiger partial charge in [-0.2, -0.15) is 0 Å². The van der Waals surface area contributed by atoms with Crippen molar-refractivity contribution in [2.24, 2.45) is 0 Å². The van der Waals surface area contributed by atoms with Gasteiger partial charge < -0.3 is 20.3 Å². The van der Waals surface area contributed by atoms with E-state index in [1.165, 1.54) is 12.1 Å². The number of benzene rings is 1. The smallest absolute Gasteiger partial charge is 0.335 e. The molecule has 6 nitrogen and oxygen atoms in total. The maximum atomic E-state index is 11.3. The van der Waals surface area contributed by atoms with Crippen LogP contribution in [0.4, 0.5) is 0 Å². The highest BCUT2D eigenvalue weighted by Crippen LogP contribution is 2.31. The molecule has 0 spiro atoms. The summed E-state index contributed by atoms with van der Waals surface area (Å²) >= 11 is 0. The summed E-state index contributed by atoms with van der Waals surface area (Å²) in [5.41, 5.74) is 0.813. The molecule has 1 aliphatic rings. The molecule has 0 radical (unpaired) electrons. The Kier molecular flexibility index (Phi) is 4.80. The number of ether oxygens (including phenoxy) is 1. The van der Waals surface area contributed by atoms with Crippen molar-refractivity contribution in [3.63, 3.8) is 0 Å². The minimum Gasteiger partial charge on any atom is -0.494 e. The fourth-order valence-electron chi connectivity index (χ4n) is 2.58. The van der Waals surface area contributed by atoms with E-state index in [0.29, 0.717) is 30.9 Å². The maximum absolute atomic E-state index is 11.3. The summed E-state index contributed by atoms with van der Waals surface area (Å²) < 4.78 is 5.51. The Morgan fingerprint density at radius 3 is 2.71 bits per heavy atom. The highest BCUT2D eigenvalue weighted by molar-refractivity contribution is 5.88. The van der Waals surface area contributed by atoms with E-state index in [0.717, 1.165) is 6.42 Å². The monoisotopic (exact) mass is 293 g/mol. The lowest BCUT2D eigenvalue weighted by Gasteiger charge is -2.17. The SMILES string of the molecule is CCCOc1cc(C(=O)O)cc([C@H]2CCN[C@@H]2C(=O)O)c1. The summed E-state index contributed by atoms with van der Waals surface area (Å²) in [5, 5.41) is 21.3. The Bertz CT molecular complexity index is 543. The number of carboxylic acid groups (broad SMARTS) is 2. The molecule has 2 atom stereocenters. The fourth-order valence-corrected chi connectivity index (χ4v) is 2.58. The third-order valence-electron chi connectivity index (χ3n) is 3.56. The van der Waals surface area contributed by atoms with Gasteiger partial charge in [0.2, 0.25) is 0 Å². The third kappa shape index (κ3) is 3.52. The number of hydrogen-bond acceptors (Lipinski definition) is 4. The molecule has 3 N–H and O–H groups in total. The Hall–Kier alpha value is -2.08. The van der Waals surface area contributed by atoms with Gasteiger partial charge in [0, 0.05) is 5.92 Å². The zero-order valence-corrected chi connectivity index (χ0v) is 11.8. The first-order valence-corrected chi connectivity index (χ1v) is 7.00. The highest BCUT2D eigenvalue weighted by atomic mass is 16.5. The number of hydrogen-bond donors (Lipinski definition) is 3. The second kappa shape index (κ2) is 6.58. The molecule has 1 aliphatic heterocycles. The van der Waals surface area contributed by atoms with E-state index in [9.17, 15) is 19.8 Å². The molecule has 1 aromatic rings. The van der Waals surface area contributed by atoms with Gasteiger partial charge in [-0.05, 0) is 43.1 Å². The molecule has 1 heterocycles. The Morgan fingerprint density at radius 2 is 2.10 bits per heavy atom. The van der Waals surface area contributed by atoms with Crippen LogP contribution in [0.15, 0.2) is 18.2 Å². The van der Waals surface area contributed by atoms with Gasteiger partial charge in [0.15, 0.2) is 0 Å². The first kappa shape index (κ1) is 15.3. The molecule has 0 saturated carbocycles. The van der Waals surface area contributed by atoms with Gasteiger partial charge in [0.1, 0.15) is 11.8 Å². The molecular formula is C15H19NO5. The minimum atomic E-state index is -1.05. The van der Waals surface area contributed by atoms with Crippen LogP contribution >= 0.6 is 0 Å². The molecule has 1 aromatic carbocycles. The van der Waals surface area contributed by atoms with Crippen molar-refractivity contribution in [1.82, 2.24) is 5.32 Å². The van der Waals surface area contributed by atoms with E-state index < -0.39 is 18.0 Å². The van der Waals surface area contributed by atoms with Gasteiger partial charge in [-0.15, -0.1) is 0 Å². The predicted molar refractivity (Wildman–Crippen MR) is 76.0 cm³/mol. The molecule has 21 heavy (non-hydrogen) atoms. The van der Waals surface area contributed by atoms with Crippen molar-refractivity contribution in [2.75, 3.05) is 13.2 Å². The number of nitrogens with one attached hydrogen (secondary N) is 1. The van der Waals surface area contributed by atoms with Gasteiger partial charge in [0.05, 0.1) is 12.2 Å². The maximum Gasteiger partial charge on any atom is 0.335 e. The first-order chi connectivity index (χ1) is 10.0. The second-order valence-corrected chi connectivity index (χ2v) is 5.11. The van der Waals surface area contributed by atoms with E-state index in [4.69, 9.17) is 4.74 Å². The van der Waals surface area contributed by atoms with Crippen LogP contribution in [0.5, 0.6) is 5.75 Å². The van der Waals surface area contributed by atoms with Crippen molar-refractivity contribution >= 4 is 11.9 Å². The Labute approximate surface area is 122 Å². The van der Waals surface area contributed by atoms with Crippen molar-refractivity contribution in [2.45, 2.75) is 31.7 Å². The lowest BCUT2D eigenvalue weighted by atomic mass is 9.90. The standard InChI is InChI=1S/C15H19NO5/c1-2-5-21-11-7-9(6-10(8-11)14(17)18)12-3-4-16-13(12)15(19)20/h6-8,12-13,16H,2-5H2,1H3,(H,17,18)(H,19,20)/t12-,13+/m1/s1. The number of aromatic carboxylic acids is 1. The zero-order valence-electron chi connectivity index (χ0n) is 11.8. The molecule has 1 saturated heterocycles. The molecule has 0 bridgehead atoms. The second-order valence-electron chi connectivity index (χ2n) is 5.11. The van der Waals surface area contributed by atoms with Crippen molar-refractivity contribution in [1.29, 1.82) is 0 Å². The number of carbonyl (C=O) groups is 2. The first-order valence-electron chi connectivity index (χ1n) is 7.00. The van der Waals surface area contributed by atoms with Crippen LogP contribution in [0.2, 0.25) is 0 Å². The topological polar surface area (TPSA) is 95.9 Å². The molecule has 0 unspecified atom stereocenters. The van der Waals surface area contributed by atoms with Crippen LogP contribution in [0.1, 0.15) is 41.6 Å². The predicted octanol–water partition coefficient (Wildman–Crippen LogP) is 1.70. The highest BCUT2D eigenvalue weighted by Gasteiger charge is 2.34. The van der Waals surface area contributed by atoms with Crippen molar-refractivity contribution < 1.29 is 24.5 Å². The lowest BCUT2D eigenvalue weighted by molar-refractivity contribution is -0.139. The van der Waals surface area contributed by atoms with E-state index in [1.807, 2.05) is 6.92 Å². The summed E-state index contributed by atoms with van der Waals surface area (Å²) in [6.07, 6.45) is 1.47. The van der Waals surface area contributed by atoms with Crippen LogP contribution in [0.3, 0.4) is 0 Å². The number of carboxylic acids is 2. The molecule has 0 aliphatic carbocycles. The summed E-state index contributed by atoms with van der Waals surface area (Å²) in [6, 6.07) is 4.07. The van der Waals surface area contributed by atoms with Crippen molar-refractivity contribution in [3.8, 4) is 5.75 Å². The van der Waals surface area contributed by atoms with E-state index >= 15 is 0 Å². The number of rotatable bonds is 6. The number of aliphatic carboxylic acids is 1. The molecule has 6 heteroatoms. The quantitative estimate of drug-likeness (QED) is 0.739. The minimum absolute atomic E-state index is 0.120. The normalized spacial score (nSPS) is 21.2. The zero-order chi connectivity index (χ0) is 15.4. The molecule has 114 valence electrons. The van der Waals surface area contributed by atoms with E-state index in [1.54, 1.807) is 6.07 Å². The van der Waals surface area contributed by atoms with E-state index in [2.05, 4.69) is 5.32 Å². The Morgan fingerprint density at radius 1 is 1.33 bits per heavy atom. The van der Waals surface area contributed by atoms with Crippen LogP contribution < -0.4 is 10.1 Å².